The fraction of sp³-hybridized carbons (Fsp3) is 0.345. The molecule has 9 rings (SSSR count). The average molecular weight is 762 g/mol. The van der Waals surface area contributed by atoms with Crippen LogP contribution in [0, 0.1) is 0 Å². The number of hydrogen-bond acceptors (Lipinski definition) is 2. The first kappa shape index (κ1) is 38.5. The Hall–Kier alpha value is -5.02. The minimum Gasteiger partial charge on any atom is -0.456 e. The number of anilines is 3. The van der Waals surface area contributed by atoms with Crippen molar-refractivity contribution in [2.24, 2.45) is 0 Å². The Balaban J connectivity index is 1.44. The van der Waals surface area contributed by atoms with Crippen molar-refractivity contribution in [1.82, 2.24) is 0 Å². The summed E-state index contributed by atoms with van der Waals surface area (Å²) in [5.74, 6) is 0. The molecule has 1 aromatic heterocycles. The van der Waals surface area contributed by atoms with Gasteiger partial charge in [-0.05, 0) is 108 Å². The second kappa shape index (κ2) is 12.5. The normalized spacial score (nSPS) is 15.1. The highest BCUT2D eigenvalue weighted by Crippen LogP contribution is 2.49. The molecule has 2 aliphatic rings. The molecule has 0 bridgehead atoms. The molecule has 58 heavy (non-hydrogen) atoms. The monoisotopic (exact) mass is 761 g/mol. The van der Waals surface area contributed by atoms with Crippen LogP contribution < -0.4 is 21.3 Å². The summed E-state index contributed by atoms with van der Waals surface area (Å²) in [4.78, 5) is 2.63. The van der Waals surface area contributed by atoms with Gasteiger partial charge in [0, 0.05) is 33.1 Å². The molecule has 0 amide bonds. The Morgan fingerprint density at radius 3 is 1.72 bits per heavy atom. The van der Waals surface area contributed by atoms with Gasteiger partial charge in [0.2, 0.25) is 6.71 Å². The molecule has 3 heterocycles. The van der Waals surface area contributed by atoms with Gasteiger partial charge in [0.05, 0.1) is 5.69 Å². The van der Waals surface area contributed by atoms with Crippen LogP contribution in [0.3, 0.4) is 0 Å². The predicted molar refractivity (Wildman–Crippen MR) is 252 cm³/mol. The Bertz CT molecular complexity index is 2790. The molecule has 7 aromatic rings. The maximum atomic E-state index is 6.73. The van der Waals surface area contributed by atoms with Crippen molar-refractivity contribution in [1.29, 1.82) is 0 Å². The lowest BCUT2D eigenvalue weighted by atomic mass is 9.30. The number of nitrogens with zero attached hydrogens (tertiary/aromatic N) is 1. The second-order valence-electron chi connectivity index (χ2n) is 22.0. The summed E-state index contributed by atoms with van der Waals surface area (Å²) in [6, 6.07) is 42.4. The molecule has 0 saturated heterocycles. The van der Waals surface area contributed by atoms with E-state index in [0.29, 0.717) is 0 Å². The summed E-state index contributed by atoms with van der Waals surface area (Å²) in [5, 5.41) is 2.30. The molecule has 2 nitrogen and oxygen atoms in total. The molecule has 3 heteroatoms. The Morgan fingerprint density at radius 1 is 0.466 bits per heavy atom. The molecule has 0 unspecified atom stereocenters. The van der Waals surface area contributed by atoms with E-state index in [-0.39, 0.29) is 33.8 Å². The van der Waals surface area contributed by atoms with Gasteiger partial charge in [-0.1, -0.05) is 175 Å². The topological polar surface area (TPSA) is 16.4 Å². The summed E-state index contributed by atoms with van der Waals surface area (Å²) in [6.45, 7) is 32.9. The van der Waals surface area contributed by atoms with Crippen molar-refractivity contribution >= 4 is 62.1 Å². The van der Waals surface area contributed by atoms with Crippen LogP contribution in [0.15, 0.2) is 114 Å². The highest BCUT2D eigenvalue weighted by atomic mass is 16.3. The van der Waals surface area contributed by atoms with Gasteiger partial charge in [0.15, 0.2) is 0 Å². The summed E-state index contributed by atoms with van der Waals surface area (Å²) in [6.07, 6.45) is 0. The number of rotatable bonds is 2. The fourth-order valence-electron chi connectivity index (χ4n) is 9.71. The molecule has 0 aliphatic carbocycles. The van der Waals surface area contributed by atoms with E-state index in [2.05, 4.69) is 211 Å². The van der Waals surface area contributed by atoms with Crippen molar-refractivity contribution < 1.29 is 4.42 Å². The highest BCUT2D eigenvalue weighted by molar-refractivity contribution is 6.99. The zero-order valence-electron chi connectivity index (χ0n) is 37.3. The maximum Gasteiger partial charge on any atom is 0.247 e. The van der Waals surface area contributed by atoms with Gasteiger partial charge < -0.3 is 9.32 Å². The molecule has 0 saturated carbocycles. The molecule has 6 aromatic carbocycles. The van der Waals surface area contributed by atoms with E-state index in [1.54, 1.807) is 0 Å². The molecule has 0 spiro atoms. The van der Waals surface area contributed by atoms with E-state index in [1.807, 2.05) is 0 Å². The second-order valence-corrected chi connectivity index (χ2v) is 22.0. The van der Waals surface area contributed by atoms with Gasteiger partial charge in [-0.2, -0.15) is 0 Å². The lowest BCUT2D eigenvalue weighted by Gasteiger charge is -2.47. The quantitative estimate of drug-likeness (QED) is 0.163. The Kier molecular flexibility index (Phi) is 8.30. The SMILES string of the molecule is CC(C)(C)c1ccc(-c2cc(C(C)(C)C)ccc2N2c3cc4c(cc3B3c5cc(C(C)(C)C)ccc5C(C)(C)c5cc(C(C)(C)C)cc2c53)oc2ccccc24)cc1. The van der Waals surface area contributed by atoms with Crippen LogP contribution in [0.1, 0.15) is 130 Å². The Morgan fingerprint density at radius 2 is 1.07 bits per heavy atom. The van der Waals surface area contributed by atoms with Crippen LogP contribution in [0.25, 0.3) is 33.1 Å². The summed E-state index contributed by atoms with van der Waals surface area (Å²) in [7, 11) is 0. The lowest BCUT2D eigenvalue weighted by molar-refractivity contribution is 0.580. The van der Waals surface area contributed by atoms with Crippen molar-refractivity contribution in [3.63, 3.8) is 0 Å². The first-order valence-electron chi connectivity index (χ1n) is 21.4. The van der Waals surface area contributed by atoms with Gasteiger partial charge in [0.1, 0.15) is 11.2 Å². The van der Waals surface area contributed by atoms with E-state index in [4.69, 9.17) is 4.42 Å². The third-order valence-electron chi connectivity index (χ3n) is 13.4. The fourth-order valence-corrected chi connectivity index (χ4v) is 9.71. The van der Waals surface area contributed by atoms with Crippen LogP contribution in [0.4, 0.5) is 17.1 Å². The van der Waals surface area contributed by atoms with Crippen LogP contribution in [-0.4, -0.2) is 6.71 Å². The molecule has 294 valence electrons. The summed E-state index contributed by atoms with van der Waals surface area (Å²) >= 11 is 0. The molecular weight excluding hydrogens is 701 g/mol. The van der Waals surface area contributed by atoms with E-state index >= 15 is 0 Å². The maximum absolute atomic E-state index is 6.73. The highest BCUT2D eigenvalue weighted by Gasteiger charge is 2.47. The number of benzene rings is 6. The first-order valence-corrected chi connectivity index (χ1v) is 21.4. The lowest BCUT2D eigenvalue weighted by Crippen LogP contribution is -2.64. The average Bonchev–Trinajstić information content (AvgIpc) is 3.51. The molecule has 0 N–H and O–H groups in total. The summed E-state index contributed by atoms with van der Waals surface area (Å²) in [5.41, 5.74) is 20.1. The predicted octanol–water partition coefficient (Wildman–Crippen LogP) is 13.4. The minimum absolute atomic E-state index is 0.0107. The van der Waals surface area contributed by atoms with Crippen molar-refractivity contribution in [2.75, 3.05) is 4.90 Å². The molecule has 2 aliphatic heterocycles. The minimum atomic E-state index is -0.220. The van der Waals surface area contributed by atoms with Crippen LogP contribution >= 0.6 is 0 Å². The smallest absolute Gasteiger partial charge is 0.247 e. The van der Waals surface area contributed by atoms with E-state index in [1.165, 1.54) is 78.0 Å². The van der Waals surface area contributed by atoms with Crippen LogP contribution in [0.5, 0.6) is 0 Å². The zero-order chi connectivity index (χ0) is 41.5. The van der Waals surface area contributed by atoms with Gasteiger partial charge in [0.25, 0.3) is 0 Å². The number of para-hydroxylation sites is 1. The standard InChI is InChI=1S/C55H60BNO/c1-51(2,3)34-21-19-33(20-22-34)39-27-35(52(4,5)6)24-26-45(39)57-46-31-40-38-17-15-16-18-48(38)58-49(40)32-44(46)56-43-29-36(53(7,8)9)23-25-41(43)55(13,14)42-28-37(54(10,11)12)30-47(57)50(42)56/h15-32H,1-14H3. The summed E-state index contributed by atoms with van der Waals surface area (Å²) < 4.78 is 6.73. The third kappa shape index (κ3) is 5.98. The van der Waals surface area contributed by atoms with E-state index in [0.717, 1.165) is 21.9 Å². The van der Waals surface area contributed by atoms with Crippen molar-refractivity contribution in [2.45, 2.75) is 124 Å². The third-order valence-corrected chi connectivity index (χ3v) is 13.4. The molecular formula is C55H60BNO. The van der Waals surface area contributed by atoms with Crippen molar-refractivity contribution in [3.05, 3.63) is 143 Å². The van der Waals surface area contributed by atoms with Crippen LogP contribution in [-0.2, 0) is 27.1 Å². The zero-order valence-corrected chi connectivity index (χ0v) is 37.3. The number of fused-ring (bicyclic) bond motifs is 7. The van der Waals surface area contributed by atoms with Crippen molar-refractivity contribution in [3.8, 4) is 11.1 Å². The molecule has 0 fully saturated rings. The first-order chi connectivity index (χ1) is 27.0. The van der Waals surface area contributed by atoms with Gasteiger partial charge in [-0.3, -0.25) is 0 Å². The van der Waals surface area contributed by atoms with Gasteiger partial charge >= 0.3 is 0 Å². The largest absolute Gasteiger partial charge is 0.456 e. The molecule has 0 radical (unpaired) electrons. The molecule has 0 atom stereocenters. The number of hydrogen-bond donors (Lipinski definition) is 0. The van der Waals surface area contributed by atoms with E-state index in [9.17, 15) is 0 Å². The van der Waals surface area contributed by atoms with Gasteiger partial charge in [-0.25, -0.2) is 0 Å². The number of furan rings is 1. The van der Waals surface area contributed by atoms with Gasteiger partial charge in [-0.15, -0.1) is 0 Å². The van der Waals surface area contributed by atoms with E-state index < -0.39 is 0 Å². The Labute approximate surface area is 347 Å². The van der Waals surface area contributed by atoms with Crippen LogP contribution in [0.2, 0.25) is 0 Å².